The standard InChI is InChI=1S/C26H32N2O4/c1-3-31-24-11-7-10-22-16-23(19-32-25(22)24)26(29)28(18-21-8-5-4-6-9-21)20(2)17-27-12-14-30-15-13-27/h4-11,16,20H,3,12-15,17-19H2,1-2H3. The molecule has 1 atom stereocenters. The smallest absolute Gasteiger partial charge is 0.253 e. The number of morpholine rings is 1. The molecule has 2 aromatic carbocycles. The van der Waals surface area contributed by atoms with Gasteiger partial charge in [0.2, 0.25) is 0 Å². The minimum absolute atomic E-state index is 0.0158. The first-order valence-corrected chi connectivity index (χ1v) is 11.4. The number of carbonyl (C=O) groups is 1. The van der Waals surface area contributed by atoms with E-state index in [-0.39, 0.29) is 18.6 Å². The molecule has 0 aromatic heterocycles. The quantitative estimate of drug-likeness (QED) is 0.633. The molecule has 1 amide bonds. The Morgan fingerprint density at radius 2 is 1.91 bits per heavy atom. The lowest BCUT2D eigenvalue weighted by Gasteiger charge is -2.36. The van der Waals surface area contributed by atoms with Gasteiger partial charge in [0.25, 0.3) is 5.91 Å². The number of fused-ring (bicyclic) bond motifs is 1. The molecule has 6 nitrogen and oxygen atoms in total. The second kappa shape index (κ2) is 10.7. The molecule has 4 rings (SSSR count). The average molecular weight is 437 g/mol. The Morgan fingerprint density at radius 1 is 1.12 bits per heavy atom. The summed E-state index contributed by atoms with van der Waals surface area (Å²) in [6, 6.07) is 16.0. The van der Waals surface area contributed by atoms with E-state index in [0.717, 1.165) is 49.7 Å². The van der Waals surface area contributed by atoms with E-state index in [4.69, 9.17) is 14.2 Å². The fourth-order valence-electron chi connectivity index (χ4n) is 4.22. The van der Waals surface area contributed by atoms with Crippen LogP contribution >= 0.6 is 0 Å². The predicted molar refractivity (Wildman–Crippen MR) is 125 cm³/mol. The van der Waals surface area contributed by atoms with E-state index in [1.807, 2.05) is 54.3 Å². The van der Waals surface area contributed by atoms with Crippen LogP contribution in [0.4, 0.5) is 0 Å². The van der Waals surface area contributed by atoms with Crippen molar-refractivity contribution in [3.63, 3.8) is 0 Å². The Labute approximate surface area is 190 Å². The van der Waals surface area contributed by atoms with Gasteiger partial charge in [-0.05, 0) is 31.6 Å². The number of para-hydroxylation sites is 1. The summed E-state index contributed by atoms with van der Waals surface area (Å²) in [5.41, 5.74) is 2.66. The summed E-state index contributed by atoms with van der Waals surface area (Å²) < 4.78 is 17.2. The van der Waals surface area contributed by atoms with Gasteiger partial charge in [0.1, 0.15) is 6.61 Å². The molecule has 2 heterocycles. The van der Waals surface area contributed by atoms with E-state index in [0.29, 0.717) is 24.5 Å². The Kier molecular flexibility index (Phi) is 7.45. The first-order chi connectivity index (χ1) is 15.7. The molecule has 0 N–H and O–H groups in total. The minimum atomic E-state index is 0.0158. The number of hydrogen-bond donors (Lipinski definition) is 0. The van der Waals surface area contributed by atoms with E-state index in [9.17, 15) is 4.79 Å². The molecular weight excluding hydrogens is 404 g/mol. The van der Waals surface area contributed by atoms with Gasteiger partial charge >= 0.3 is 0 Å². The second-order valence-corrected chi connectivity index (χ2v) is 8.25. The Hall–Kier alpha value is -2.83. The molecule has 1 saturated heterocycles. The van der Waals surface area contributed by atoms with Crippen molar-refractivity contribution in [1.82, 2.24) is 9.80 Å². The predicted octanol–water partition coefficient (Wildman–Crippen LogP) is 3.61. The van der Waals surface area contributed by atoms with E-state index in [1.165, 1.54) is 0 Å². The minimum Gasteiger partial charge on any atom is -0.490 e. The third-order valence-corrected chi connectivity index (χ3v) is 5.90. The summed E-state index contributed by atoms with van der Waals surface area (Å²) in [6.07, 6.45) is 1.95. The molecule has 2 aliphatic rings. The van der Waals surface area contributed by atoms with Gasteiger partial charge < -0.3 is 19.1 Å². The highest BCUT2D eigenvalue weighted by Gasteiger charge is 2.28. The van der Waals surface area contributed by atoms with Crippen LogP contribution in [-0.2, 0) is 16.1 Å². The lowest BCUT2D eigenvalue weighted by atomic mass is 10.0. The van der Waals surface area contributed by atoms with E-state index in [1.54, 1.807) is 0 Å². The summed E-state index contributed by atoms with van der Waals surface area (Å²) in [5.74, 6) is 1.44. The molecular formula is C26H32N2O4. The van der Waals surface area contributed by atoms with Crippen molar-refractivity contribution >= 4 is 12.0 Å². The summed E-state index contributed by atoms with van der Waals surface area (Å²) >= 11 is 0. The number of ether oxygens (including phenoxy) is 3. The molecule has 170 valence electrons. The molecule has 2 aliphatic heterocycles. The van der Waals surface area contributed by atoms with Crippen molar-refractivity contribution in [2.24, 2.45) is 0 Å². The molecule has 1 fully saturated rings. The zero-order chi connectivity index (χ0) is 22.3. The number of carbonyl (C=O) groups excluding carboxylic acids is 1. The number of amides is 1. The second-order valence-electron chi connectivity index (χ2n) is 8.25. The van der Waals surface area contributed by atoms with Gasteiger partial charge in [-0.2, -0.15) is 0 Å². The number of nitrogens with zero attached hydrogens (tertiary/aromatic N) is 2. The van der Waals surface area contributed by atoms with Gasteiger partial charge in [-0.15, -0.1) is 0 Å². The van der Waals surface area contributed by atoms with Crippen LogP contribution in [0, 0.1) is 0 Å². The fraction of sp³-hybridized carbons (Fsp3) is 0.423. The summed E-state index contributed by atoms with van der Waals surface area (Å²) in [7, 11) is 0. The molecule has 0 radical (unpaired) electrons. The van der Waals surface area contributed by atoms with Crippen molar-refractivity contribution in [2.75, 3.05) is 46.1 Å². The molecule has 0 aliphatic carbocycles. The highest BCUT2D eigenvalue weighted by molar-refractivity contribution is 5.99. The largest absolute Gasteiger partial charge is 0.490 e. The number of rotatable bonds is 8. The van der Waals surface area contributed by atoms with E-state index < -0.39 is 0 Å². The third-order valence-electron chi connectivity index (χ3n) is 5.90. The van der Waals surface area contributed by atoms with Gasteiger partial charge in [0, 0.05) is 37.8 Å². The molecule has 1 unspecified atom stereocenters. The Morgan fingerprint density at radius 3 is 2.66 bits per heavy atom. The van der Waals surface area contributed by atoms with E-state index >= 15 is 0 Å². The van der Waals surface area contributed by atoms with Gasteiger partial charge in [-0.3, -0.25) is 9.69 Å². The third kappa shape index (κ3) is 5.31. The maximum absolute atomic E-state index is 13.7. The van der Waals surface area contributed by atoms with Crippen LogP contribution in [0.3, 0.4) is 0 Å². The SMILES string of the molecule is CCOc1cccc2c1OCC(C(=O)N(Cc1ccccc1)C(C)CN1CCOCC1)=C2. The number of hydrogen-bond acceptors (Lipinski definition) is 5. The van der Waals surface area contributed by atoms with Gasteiger partial charge in [0.05, 0.1) is 25.4 Å². The van der Waals surface area contributed by atoms with Crippen LogP contribution in [0.25, 0.3) is 6.08 Å². The highest BCUT2D eigenvalue weighted by Crippen LogP contribution is 2.36. The topological polar surface area (TPSA) is 51.2 Å². The molecule has 0 saturated carbocycles. The van der Waals surface area contributed by atoms with Gasteiger partial charge in [-0.25, -0.2) is 0 Å². The lowest BCUT2D eigenvalue weighted by molar-refractivity contribution is -0.130. The van der Waals surface area contributed by atoms with Crippen molar-refractivity contribution in [1.29, 1.82) is 0 Å². The van der Waals surface area contributed by atoms with Crippen molar-refractivity contribution in [3.05, 3.63) is 65.2 Å². The normalized spacial score (nSPS) is 17.0. The lowest BCUT2D eigenvalue weighted by Crippen LogP contribution is -2.48. The average Bonchev–Trinajstić information content (AvgIpc) is 2.83. The monoisotopic (exact) mass is 436 g/mol. The Balaban J connectivity index is 1.57. The summed E-state index contributed by atoms with van der Waals surface area (Å²) in [6.45, 7) is 9.56. The molecule has 32 heavy (non-hydrogen) atoms. The maximum atomic E-state index is 13.7. The fourth-order valence-corrected chi connectivity index (χ4v) is 4.22. The van der Waals surface area contributed by atoms with Gasteiger partial charge in [0.15, 0.2) is 11.5 Å². The Bertz CT molecular complexity index is 938. The zero-order valence-corrected chi connectivity index (χ0v) is 19.0. The van der Waals surface area contributed by atoms with Gasteiger partial charge in [-0.1, -0.05) is 42.5 Å². The molecule has 0 bridgehead atoms. The van der Waals surface area contributed by atoms with Crippen molar-refractivity contribution < 1.29 is 19.0 Å². The zero-order valence-electron chi connectivity index (χ0n) is 19.0. The maximum Gasteiger partial charge on any atom is 0.253 e. The summed E-state index contributed by atoms with van der Waals surface area (Å²) in [4.78, 5) is 18.0. The van der Waals surface area contributed by atoms with Crippen molar-refractivity contribution in [2.45, 2.75) is 26.4 Å². The first kappa shape index (κ1) is 22.4. The van der Waals surface area contributed by atoms with E-state index in [2.05, 4.69) is 24.0 Å². The van der Waals surface area contributed by atoms with Crippen LogP contribution in [0.1, 0.15) is 25.0 Å². The summed E-state index contributed by atoms with van der Waals surface area (Å²) in [5, 5.41) is 0. The first-order valence-electron chi connectivity index (χ1n) is 11.4. The molecule has 0 spiro atoms. The number of benzene rings is 2. The highest BCUT2D eigenvalue weighted by atomic mass is 16.5. The molecule has 6 heteroatoms. The van der Waals surface area contributed by atoms with Crippen molar-refractivity contribution in [3.8, 4) is 11.5 Å². The van der Waals surface area contributed by atoms with Crippen LogP contribution in [-0.4, -0.2) is 67.8 Å². The van der Waals surface area contributed by atoms with Crippen LogP contribution < -0.4 is 9.47 Å². The van der Waals surface area contributed by atoms with Crippen LogP contribution in [0.2, 0.25) is 0 Å². The molecule has 2 aromatic rings. The van der Waals surface area contributed by atoms with Crippen LogP contribution in [0.15, 0.2) is 54.1 Å². The van der Waals surface area contributed by atoms with Crippen LogP contribution in [0.5, 0.6) is 11.5 Å².